The summed E-state index contributed by atoms with van der Waals surface area (Å²) in [4.78, 5) is 15.7. The standard InChI is InChI=1S/C12H13NO2/c1-2-15-12(14)11-8-7-9-5-3-4-6-10(9)13-11/h4,6-8H,2-3,5H2,1H3. The number of pyridine rings is 1. The molecule has 0 atom stereocenters. The van der Waals surface area contributed by atoms with Crippen molar-refractivity contribution in [1.82, 2.24) is 4.98 Å². The van der Waals surface area contributed by atoms with Crippen LogP contribution in [0.1, 0.15) is 35.1 Å². The van der Waals surface area contributed by atoms with Crippen LogP contribution < -0.4 is 0 Å². The molecule has 1 aromatic rings. The Morgan fingerprint density at radius 1 is 1.53 bits per heavy atom. The van der Waals surface area contributed by atoms with Gasteiger partial charge in [-0.15, -0.1) is 0 Å². The molecule has 0 fully saturated rings. The van der Waals surface area contributed by atoms with Crippen LogP contribution in [0.15, 0.2) is 18.2 Å². The van der Waals surface area contributed by atoms with E-state index < -0.39 is 0 Å². The molecule has 1 aliphatic rings. The van der Waals surface area contributed by atoms with E-state index in [1.165, 1.54) is 5.56 Å². The van der Waals surface area contributed by atoms with Gasteiger partial charge in [0, 0.05) is 0 Å². The second-order valence-electron chi connectivity index (χ2n) is 3.40. The molecule has 0 spiro atoms. The molecule has 78 valence electrons. The summed E-state index contributed by atoms with van der Waals surface area (Å²) in [6, 6.07) is 3.69. The number of hydrogen-bond donors (Lipinski definition) is 0. The molecule has 0 unspecified atom stereocenters. The highest BCUT2D eigenvalue weighted by Gasteiger charge is 2.12. The maximum atomic E-state index is 11.4. The molecule has 0 radical (unpaired) electrons. The van der Waals surface area contributed by atoms with Crippen molar-refractivity contribution in [1.29, 1.82) is 0 Å². The molecule has 0 N–H and O–H groups in total. The largest absolute Gasteiger partial charge is 0.461 e. The van der Waals surface area contributed by atoms with Gasteiger partial charge < -0.3 is 4.74 Å². The molecule has 3 nitrogen and oxygen atoms in total. The minimum absolute atomic E-state index is 0.348. The zero-order chi connectivity index (χ0) is 10.7. The molecule has 0 aromatic carbocycles. The lowest BCUT2D eigenvalue weighted by atomic mass is 10.0. The van der Waals surface area contributed by atoms with E-state index in [4.69, 9.17) is 4.74 Å². The normalized spacial score (nSPS) is 13.4. The Morgan fingerprint density at radius 3 is 3.20 bits per heavy atom. The Bertz CT molecular complexity index is 410. The van der Waals surface area contributed by atoms with Gasteiger partial charge >= 0.3 is 5.97 Å². The van der Waals surface area contributed by atoms with Crippen molar-refractivity contribution in [2.45, 2.75) is 19.8 Å². The molecular formula is C12H13NO2. The smallest absolute Gasteiger partial charge is 0.356 e. The van der Waals surface area contributed by atoms with Gasteiger partial charge in [-0.3, -0.25) is 0 Å². The fourth-order valence-corrected chi connectivity index (χ4v) is 1.61. The Kier molecular flexibility index (Phi) is 2.81. The van der Waals surface area contributed by atoms with Gasteiger partial charge in [0.2, 0.25) is 0 Å². The molecule has 0 saturated carbocycles. The number of carbonyl (C=O) groups is 1. The van der Waals surface area contributed by atoms with Crippen LogP contribution in [0.25, 0.3) is 6.08 Å². The molecule has 1 aromatic heterocycles. The highest BCUT2D eigenvalue weighted by Crippen LogP contribution is 2.17. The van der Waals surface area contributed by atoms with Crippen molar-refractivity contribution in [2.24, 2.45) is 0 Å². The lowest BCUT2D eigenvalue weighted by molar-refractivity contribution is 0.0519. The van der Waals surface area contributed by atoms with Crippen molar-refractivity contribution in [2.75, 3.05) is 6.61 Å². The van der Waals surface area contributed by atoms with Gasteiger partial charge in [0.25, 0.3) is 0 Å². The Hall–Kier alpha value is -1.64. The van der Waals surface area contributed by atoms with Gasteiger partial charge in [-0.2, -0.15) is 0 Å². The highest BCUT2D eigenvalue weighted by atomic mass is 16.5. The van der Waals surface area contributed by atoms with E-state index >= 15 is 0 Å². The van der Waals surface area contributed by atoms with E-state index in [2.05, 4.69) is 11.1 Å². The van der Waals surface area contributed by atoms with Gasteiger partial charge in [-0.25, -0.2) is 9.78 Å². The first-order valence-corrected chi connectivity index (χ1v) is 5.15. The summed E-state index contributed by atoms with van der Waals surface area (Å²) in [5.41, 5.74) is 2.49. The van der Waals surface area contributed by atoms with Crippen LogP contribution in [0, 0.1) is 0 Å². The number of hydrogen-bond acceptors (Lipinski definition) is 3. The molecule has 0 amide bonds. The number of esters is 1. The molecule has 2 rings (SSSR count). The number of nitrogens with zero attached hydrogens (tertiary/aromatic N) is 1. The van der Waals surface area contributed by atoms with Gasteiger partial charge in [-0.1, -0.05) is 12.1 Å². The van der Waals surface area contributed by atoms with E-state index in [-0.39, 0.29) is 5.97 Å². The topological polar surface area (TPSA) is 39.2 Å². The van der Waals surface area contributed by atoms with E-state index in [1.54, 1.807) is 13.0 Å². The van der Waals surface area contributed by atoms with Crippen LogP contribution >= 0.6 is 0 Å². The van der Waals surface area contributed by atoms with Crippen LogP contribution in [-0.2, 0) is 11.2 Å². The Labute approximate surface area is 88.8 Å². The Morgan fingerprint density at radius 2 is 2.40 bits per heavy atom. The predicted molar refractivity (Wildman–Crippen MR) is 57.5 cm³/mol. The number of rotatable bonds is 2. The molecule has 1 heterocycles. The molecule has 0 bridgehead atoms. The summed E-state index contributed by atoms with van der Waals surface area (Å²) in [6.45, 7) is 2.17. The first-order chi connectivity index (χ1) is 7.31. The minimum Gasteiger partial charge on any atom is -0.461 e. The van der Waals surface area contributed by atoms with Crippen molar-refractivity contribution in [3.8, 4) is 0 Å². The number of carbonyl (C=O) groups excluding carboxylic acids is 1. The number of ether oxygens (including phenoxy) is 1. The summed E-state index contributed by atoms with van der Waals surface area (Å²) >= 11 is 0. The summed E-state index contributed by atoms with van der Waals surface area (Å²) in [5, 5.41) is 0. The number of fused-ring (bicyclic) bond motifs is 1. The third-order valence-corrected chi connectivity index (χ3v) is 2.35. The van der Waals surface area contributed by atoms with E-state index in [0.29, 0.717) is 12.3 Å². The summed E-state index contributed by atoms with van der Waals surface area (Å²) in [5.74, 6) is -0.348. The maximum absolute atomic E-state index is 11.4. The van der Waals surface area contributed by atoms with Crippen LogP contribution in [0.5, 0.6) is 0 Å². The minimum atomic E-state index is -0.348. The molecule has 0 saturated heterocycles. The molecule has 3 heteroatoms. The third-order valence-electron chi connectivity index (χ3n) is 2.35. The summed E-state index contributed by atoms with van der Waals surface area (Å²) in [6.07, 6.45) is 6.08. The second kappa shape index (κ2) is 4.26. The van der Waals surface area contributed by atoms with E-state index in [0.717, 1.165) is 18.5 Å². The average Bonchev–Trinajstić information content (AvgIpc) is 2.29. The van der Waals surface area contributed by atoms with Gasteiger partial charge in [-0.05, 0) is 37.5 Å². The van der Waals surface area contributed by atoms with Gasteiger partial charge in [0.1, 0.15) is 5.69 Å². The molecule has 15 heavy (non-hydrogen) atoms. The second-order valence-corrected chi connectivity index (χ2v) is 3.40. The van der Waals surface area contributed by atoms with Crippen LogP contribution in [0.4, 0.5) is 0 Å². The average molecular weight is 203 g/mol. The van der Waals surface area contributed by atoms with E-state index in [1.807, 2.05) is 12.1 Å². The number of allylic oxidation sites excluding steroid dienone is 1. The lowest BCUT2D eigenvalue weighted by Gasteiger charge is -2.10. The Balaban J connectivity index is 2.29. The SMILES string of the molecule is CCOC(=O)c1ccc2c(n1)C=CCC2. The van der Waals surface area contributed by atoms with Gasteiger partial charge in [0.15, 0.2) is 0 Å². The third kappa shape index (κ3) is 2.06. The quantitative estimate of drug-likeness (QED) is 0.692. The fraction of sp³-hybridized carbons (Fsp3) is 0.333. The molecule has 1 aliphatic carbocycles. The summed E-state index contributed by atoms with van der Waals surface area (Å²) in [7, 11) is 0. The van der Waals surface area contributed by atoms with Crippen LogP contribution in [0.2, 0.25) is 0 Å². The lowest BCUT2D eigenvalue weighted by Crippen LogP contribution is -2.09. The first-order valence-electron chi connectivity index (χ1n) is 5.15. The maximum Gasteiger partial charge on any atom is 0.356 e. The van der Waals surface area contributed by atoms with Crippen molar-refractivity contribution < 1.29 is 9.53 Å². The number of aromatic nitrogens is 1. The van der Waals surface area contributed by atoms with Crippen molar-refractivity contribution in [3.05, 3.63) is 35.2 Å². The zero-order valence-corrected chi connectivity index (χ0v) is 8.69. The zero-order valence-electron chi connectivity index (χ0n) is 8.69. The number of aryl methyl sites for hydroxylation is 1. The monoisotopic (exact) mass is 203 g/mol. The molecular weight excluding hydrogens is 190 g/mol. The first kappa shape index (κ1) is 9.90. The predicted octanol–water partition coefficient (Wildman–Crippen LogP) is 2.22. The highest BCUT2D eigenvalue weighted by molar-refractivity contribution is 5.87. The fourth-order valence-electron chi connectivity index (χ4n) is 1.61. The van der Waals surface area contributed by atoms with E-state index in [9.17, 15) is 4.79 Å². The molecule has 0 aliphatic heterocycles. The van der Waals surface area contributed by atoms with Crippen LogP contribution in [-0.4, -0.2) is 17.6 Å². The van der Waals surface area contributed by atoms with Crippen molar-refractivity contribution in [3.63, 3.8) is 0 Å². The van der Waals surface area contributed by atoms with Crippen LogP contribution in [0.3, 0.4) is 0 Å². The summed E-state index contributed by atoms with van der Waals surface area (Å²) < 4.78 is 4.89. The van der Waals surface area contributed by atoms with Crippen molar-refractivity contribution >= 4 is 12.0 Å². The van der Waals surface area contributed by atoms with Gasteiger partial charge in [0.05, 0.1) is 12.3 Å².